The van der Waals surface area contributed by atoms with Gasteiger partial charge in [0, 0.05) is 24.5 Å². The molecule has 0 atom stereocenters. The lowest BCUT2D eigenvalue weighted by Crippen LogP contribution is -2.36. The molecule has 0 amide bonds. The van der Waals surface area contributed by atoms with Gasteiger partial charge in [-0.2, -0.15) is 0 Å². The zero-order valence-corrected chi connectivity index (χ0v) is 14.6. The van der Waals surface area contributed by atoms with E-state index in [4.69, 9.17) is 10.5 Å². The largest absolute Gasteiger partial charge is 0.398 e. The highest BCUT2D eigenvalue weighted by Gasteiger charge is 2.18. The number of hydrogen-bond donors (Lipinski definition) is 2. The SMILES string of the molecule is CC(C)c1cc(-c2cc3c(N4CCOCC4)ncnc3[nH]2)ccc1N. The van der Waals surface area contributed by atoms with Gasteiger partial charge in [0.2, 0.25) is 0 Å². The van der Waals surface area contributed by atoms with Gasteiger partial charge in [0.1, 0.15) is 17.8 Å². The van der Waals surface area contributed by atoms with Crippen LogP contribution >= 0.6 is 0 Å². The molecule has 1 aromatic carbocycles. The molecule has 0 radical (unpaired) electrons. The van der Waals surface area contributed by atoms with E-state index in [-0.39, 0.29) is 0 Å². The van der Waals surface area contributed by atoms with Crippen molar-refractivity contribution in [3.63, 3.8) is 0 Å². The summed E-state index contributed by atoms with van der Waals surface area (Å²) in [4.78, 5) is 14.6. The summed E-state index contributed by atoms with van der Waals surface area (Å²) in [6.45, 7) is 7.49. The fourth-order valence-corrected chi connectivity index (χ4v) is 3.35. The predicted molar refractivity (Wildman–Crippen MR) is 101 cm³/mol. The van der Waals surface area contributed by atoms with Gasteiger partial charge in [-0.05, 0) is 35.2 Å². The van der Waals surface area contributed by atoms with Gasteiger partial charge in [0.25, 0.3) is 0 Å². The van der Waals surface area contributed by atoms with Crippen LogP contribution in [0.1, 0.15) is 25.3 Å². The molecule has 130 valence electrons. The summed E-state index contributed by atoms with van der Waals surface area (Å²) < 4.78 is 5.45. The molecule has 25 heavy (non-hydrogen) atoms. The fraction of sp³-hybridized carbons (Fsp3) is 0.368. The van der Waals surface area contributed by atoms with Gasteiger partial charge < -0.3 is 20.4 Å². The molecule has 0 bridgehead atoms. The summed E-state index contributed by atoms with van der Waals surface area (Å²) in [5.74, 6) is 1.35. The number of aromatic nitrogens is 3. The number of nitrogen functional groups attached to an aromatic ring is 1. The van der Waals surface area contributed by atoms with E-state index < -0.39 is 0 Å². The van der Waals surface area contributed by atoms with Crippen LogP contribution in [0.5, 0.6) is 0 Å². The molecule has 4 rings (SSSR count). The third kappa shape index (κ3) is 2.93. The summed E-state index contributed by atoms with van der Waals surface area (Å²) >= 11 is 0. The molecule has 2 aromatic heterocycles. The van der Waals surface area contributed by atoms with Crippen LogP contribution in [-0.2, 0) is 4.74 Å². The lowest BCUT2D eigenvalue weighted by molar-refractivity contribution is 0.122. The molecular weight excluding hydrogens is 314 g/mol. The van der Waals surface area contributed by atoms with Gasteiger partial charge in [0.15, 0.2) is 0 Å². The van der Waals surface area contributed by atoms with Crippen LogP contribution in [-0.4, -0.2) is 41.3 Å². The second-order valence-corrected chi connectivity index (χ2v) is 6.74. The first kappa shape index (κ1) is 15.9. The third-order valence-electron chi connectivity index (χ3n) is 4.74. The number of H-pyrrole nitrogens is 1. The summed E-state index contributed by atoms with van der Waals surface area (Å²) in [7, 11) is 0. The molecular formula is C19H23N5O. The number of rotatable bonds is 3. The Hall–Kier alpha value is -2.60. The van der Waals surface area contributed by atoms with Crippen LogP contribution in [0.2, 0.25) is 0 Å². The summed E-state index contributed by atoms with van der Waals surface area (Å²) in [5, 5.41) is 1.04. The standard InChI is InChI=1S/C19H23N5O/c1-12(2)14-9-13(3-4-16(14)20)17-10-15-18(23-17)21-11-22-19(15)24-5-7-25-8-6-24/h3-4,9-12H,5-8,20H2,1-2H3,(H,21,22,23). The molecule has 3 aromatic rings. The van der Waals surface area contributed by atoms with E-state index in [0.29, 0.717) is 5.92 Å². The number of ether oxygens (including phenoxy) is 1. The van der Waals surface area contributed by atoms with Gasteiger partial charge in [-0.3, -0.25) is 0 Å². The quantitative estimate of drug-likeness (QED) is 0.718. The minimum absolute atomic E-state index is 0.382. The van der Waals surface area contributed by atoms with E-state index in [2.05, 4.69) is 45.8 Å². The van der Waals surface area contributed by atoms with Crippen molar-refractivity contribution in [2.75, 3.05) is 36.9 Å². The van der Waals surface area contributed by atoms with E-state index in [1.165, 1.54) is 0 Å². The normalized spacial score (nSPS) is 15.2. The molecule has 0 spiro atoms. The number of nitrogens with one attached hydrogen (secondary N) is 1. The lowest BCUT2D eigenvalue weighted by atomic mass is 9.98. The minimum atomic E-state index is 0.382. The van der Waals surface area contributed by atoms with Crippen molar-refractivity contribution < 1.29 is 4.74 Å². The topological polar surface area (TPSA) is 80.1 Å². The molecule has 1 aliphatic heterocycles. The second kappa shape index (κ2) is 6.37. The summed E-state index contributed by atoms with van der Waals surface area (Å²) in [5.41, 5.74) is 11.1. The van der Waals surface area contributed by atoms with E-state index in [0.717, 1.165) is 65.7 Å². The molecule has 0 aliphatic carbocycles. The first-order valence-electron chi connectivity index (χ1n) is 8.69. The van der Waals surface area contributed by atoms with E-state index in [9.17, 15) is 0 Å². The maximum absolute atomic E-state index is 6.11. The van der Waals surface area contributed by atoms with Crippen molar-refractivity contribution in [1.82, 2.24) is 15.0 Å². The Labute approximate surface area is 147 Å². The first-order valence-corrected chi connectivity index (χ1v) is 8.69. The number of nitrogens with two attached hydrogens (primary N) is 1. The Morgan fingerprint density at radius 2 is 1.96 bits per heavy atom. The zero-order chi connectivity index (χ0) is 17.4. The molecule has 0 unspecified atom stereocenters. The van der Waals surface area contributed by atoms with E-state index in [1.54, 1.807) is 6.33 Å². The predicted octanol–water partition coefficient (Wildman–Crippen LogP) is 3.17. The Morgan fingerprint density at radius 3 is 2.72 bits per heavy atom. The zero-order valence-electron chi connectivity index (χ0n) is 14.6. The van der Waals surface area contributed by atoms with Crippen LogP contribution < -0.4 is 10.6 Å². The number of aromatic amines is 1. The lowest BCUT2D eigenvalue weighted by Gasteiger charge is -2.27. The highest BCUT2D eigenvalue weighted by molar-refractivity contribution is 5.92. The molecule has 6 nitrogen and oxygen atoms in total. The molecule has 1 fully saturated rings. The number of benzene rings is 1. The van der Waals surface area contributed by atoms with E-state index >= 15 is 0 Å². The molecule has 1 saturated heterocycles. The Bertz CT molecular complexity index is 896. The van der Waals surface area contributed by atoms with Crippen LogP contribution in [0.15, 0.2) is 30.6 Å². The summed E-state index contributed by atoms with van der Waals surface area (Å²) in [6, 6.07) is 8.32. The van der Waals surface area contributed by atoms with Gasteiger partial charge in [-0.25, -0.2) is 9.97 Å². The van der Waals surface area contributed by atoms with E-state index in [1.807, 2.05) is 12.1 Å². The number of fused-ring (bicyclic) bond motifs is 1. The Balaban J connectivity index is 1.78. The number of nitrogens with zero attached hydrogens (tertiary/aromatic N) is 3. The highest BCUT2D eigenvalue weighted by atomic mass is 16.5. The second-order valence-electron chi connectivity index (χ2n) is 6.74. The molecule has 1 aliphatic rings. The minimum Gasteiger partial charge on any atom is -0.398 e. The van der Waals surface area contributed by atoms with Gasteiger partial charge in [0.05, 0.1) is 18.6 Å². The molecule has 3 N–H and O–H groups in total. The Kier molecular flexibility index (Phi) is 4.05. The maximum atomic E-state index is 6.11. The van der Waals surface area contributed by atoms with Crippen LogP contribution in [0.4, 0.5) is 11.5 Å². The molecule has 6 heteroatoms. The summed E-state index contributed by atoms with van der Waals surface area (Å²) in [6.07, 6.45) is 1.62. The molecule has 3 heterocycles. The average molecular weight is 337 g/mol. The highest BCUT2D eigenvalue weighted by Crippen LogP contribution is 2.32. The van der Waals surface area contributed by atoms with Crippen molar-refractivity contribution in [2.24, 2.45) is 0 Å². The third-order valence-corrected chi connectivity index (χ3v) is 4.74. The van der Waals surface area contributed by atoms with Gasteiger partial charge >= 0.3 is 0 Å². The molecule has 0 saturated carbocycles. The average Bonchev–Trinajstić information content (AvgIpc) is 3.06. The first-order chi connectivity index (χ1) is 12.1. The van der Waals surface area contributed by atoms with Crippen LogP contribution in [0, 0.1) is 0 Å². The number of morpholine rings is 1. The fourth-order valence-electron chi connectivity index (χ4n) is 3.35. The van der Waals surface area contributed by atoms with Crippen molar-refractivity contribution in [3.05, 3.63) is 36.2 Å². The van der Waals surface area contributed by atoms with Crippen LogP contribution in [0.3, 0.4) is 0 Å². The Morgan fingerprint density at radius 1 is 1.16 bits per heavy atom. The van der Waals surface area contributed by atoms with Crippen molar-refractivity contribution in [2.45, 2.75) is 19.8 Å². The van der Waals surface area contributed by atoms with Gasteiger partial charge in [-0.1, -0.05) is 19.9 Å². The van der Waals surface area contributed by atoms with Crippen molar-refractivity contribution in [3.8, 4) is 11.3 Å². The number of anilines is 2. The van der Waals surface area contributed by atoms with Gasteiger partial charge in [-0.15, -0.1) is 0 Å². The monoisotopic (exact) mass is 337 g/mol. The maximum Gasteiger partial charge on any atom is 0.143 e. The van der Waals surface area contributed by atoms with Crippen LogP contribution in [0.25, 0.3) is 22.3 Å². The number of hydrogen-bond acceptors (Lipinski definition) is 5. The van der Waals surface area contributed by atoms with Crippen molar-refractivity contribution >= 4 is 22.5 Å². The van der Waals surface area contributed by atoms with Crippen molar-refractivity contribution in [1.29, 1.82) is 0 Å². The smallest absolute Gasteiger partial charge is 0.143 e.